The maximum absolute atomic E-state index is 12.2. The normalized spacial score (nSPS) is 10.4. The minimum Gasteiger partial charge on any atom is -0.397 e. The van der Waals surface area contributed by atoms with E-state index in [2.05, 4.69) is 5.32 Å². The summed E-state index contributed by atoms with van der Waals surface area (Å²) in [5.41, 5.74) is 10.8. The standard InChI is InChI=1S/C16H17ClN2O/c1-9-4-12(8-13(17)5-9)16(20)19-15-7-11(3)10(2)6-14(15)18/h4-8H,18H2,1-3H3,(H,19,20). The van der Waals surface area contributed by atoms with Crippen molar-refractivity contribution in [1.82, 2.24) is 0 Å². The zero-order chi connectivity index (χ0) is 14.9. The van der Waals surface area contributed by atoms with E-state index in [-0.39, 0.29) is 5.91 Å². The second-order valence-corrected chi connectivity index (χ2v) is 5.43. The maximum atomic E-state index is 12.2. The van der Waals surface area contributed by atoms with E-state index in [0.29, 0.717) is 22.0 Å². The summed E-state index contributed by atoms with van der Waals surface area (Å²) in [6.07, 6.45) is 0. The van der Waals surface area contributed by atoms with Crippen molar-refractivity contribution in [2.45, 2.75) is 20.8 Å². The highest BCUT2D eigenvalue weighted by molar-refractivity contribution is 6.31. The van der Waals surface area contributed by atoms with Crippen LogP contribution in [-0.2, 0) is 0 Å². The van der Waals surface area contributed by atoms with Crippen LogP contribution in [0.4, 0.5) is 11.4 Å². The molecule has 2 rings (SSSR count). The Morgan fingerprint density at radius 3 is 2.35 bits per heavy atom. The molecule has 1 amide bonds. The SMILES string of the molecule is Cc1cc(Cl)cc(C(=O)Nc2cc(C)c(C)cc2N)c1. The van der Waals surface area contributed by atoms with Crippen LogP contribution in [0.25, 0.3) is 0 Å². The Morgan fingerprint density at radius 2 is 1.70 bits per heavy atom. The topological polar surface area (TPSA) is 55.1 Å². The molecule has 3 nitrogen and oxygen atoms in total. The fraction of sp³-hybridized carbons (Fsp3) is 0.188. The van der Waals surface area contributed by atoms with Gasteiger partial charge in [0.25, 0.3) is 5.91 Å². The number of halogens is 1. The first-order valence-corrected chi connectivity index (χ1v) is 6.70. The van der Waals surface area contributed by atoms with Gasteiger partial charge in [-0.25, -0.2) is 0 Å². The molecule has 0 spiro atoms. The Bertz CT molecular complexity index is 660. The molecule has 0 saturated carbocycles. The van der Waals surface area contributed by atoms with Crippen molar-refractivity contribution in [2.24, 2.45) is 0 Å². The Hall–Kier alpha value is -2.00. The van der Waals surface area contributed by atoms with E-state index in [1.165, 1.54) is 0 Å². The number of hydrogen-bond donors (Lipinski definition) is 2. The lowest BCUT2D eigenvalue weighted by Gasteiger charge is -2.11. The first kappa shape index (κ1) is 14.4. The van der Waals surface area contributed by atoms with Gasteiger partial charge in [-0.2, -0.15) is 0 Å². The van der Waals surface area contributed by atoms with E-state index in [4.69, 9.17) is 17.3 Å². The van der Waals surface area contributed by atoms with Crippen LogP contribution in [0.2, 0.25) is 5.02 Å². The summed E-state index contributed by atoms with van der Waals surface area (Å²) in [7, 11) is 0. The van der Waals surface area contributed by atoms with Gasteiger partial charge in [0.05, 0.1) is 11.4 Å². The molecule has 0 unspecified atom stereocenters. The van der Waals surface area contributed by atoms with Crippen molar-refractivity contribution in [1.29, 1.82) is 0 Å². The largest absolute Gasteiger partial charge is 0.397 e. The van der Waals surface area contributed by atoms with Gasteiger partial charge in [-0.1, -0.05) is 11.6 Å². The average molecular weight is 289 g/mol. The second kappa shape index (κ2) is 5.55. The van der Waals surface area contributed by atoms with Gasteiger partial charge < -0.3 is 11.1 Å². The lowest BCUT2D eigenvalue weighted by molar-refractivity contribution is 0.102. The van der Waals surface area contributed by atoms with E-state index >= 15 is 0 Å². The number of hydrogen-bond acceptors (Lipinski definition) is 2. The number of carbonyl (C=O) groups is 1. The Kier molecular flexibility index (Phi) is 4.00. The molecule has 0 fully saturated rings. The summed E-state index contributed by atoms with van der Waals surface area (Å²) < 4.78 is 0. The lowest BCUT2D eigenvalue weighted by Crippen LogP contribution is -2.13. The molecule has 0 aliphatic rings. The predicted molar refractivity (Wildman–Crippen MR) is 84.5 cm³/mol. The van der Waals surface area contributed by atoms with Gasteiger partial charge in [-0.3, -0.25) is 4.79 Å². The molecular formula is C16H17ClN2O. The number of anilines is 2. The van der Waals surface area contributed by atoms with Gasteiger partial charge in [0.1, 0.15) is 0 Å². The van der Waals surface area contributed by atoms with Crippen molar-refractivity contribution in [3.8, 4) is 0 Å². The summed E-state index contributed by atoms with van der Waals surface area (Å²) >= 11 is 5.97. The summed E-state index contributed by atoms with van der Waals surface area (Å²) in [4.78, 5) is 12.2. The molecule has 0 radical (unpaired) electrons. The van der Waals surface area contributed by atoms with E-state index in [0.717, 1.165) is 16.7 Å². The fourth-order valence-corrected chi connectivity index (χ4v) is 2.30. The molecule has 3 N–H and O–H groups in total. The maximum Gasteiger partial charge on any atom is 0.255 e. The Morgan fingerprint density at radius 1 is 1.05 bits per heavy atom. The minimum atomic E-state index is -0.217. The Labute approximate surface area is 123 Å². The van der Waals surface area contributed by atoms with Crippen LogP contribution >= 0.6 is 11.6 Å². The average Bonchev–Trinajstić information content (AvgIpc) is 2.34. The van der Waals surface area contributed by atoms with Crippen molar-refractivity contribution in [3.63, 3.8) is 0 Å². The zero-order valence-corrected chi connectivity index (χ0v) is 12.5. The summed E-state index contributed by atoms with van der Waals surface area (Å²) in [6.45, 7) is 5.86. The van der Waals surface area contributed by atoms with Crippen LogP contribution in [-0.4, -0.2) is 5.91 Å². The van der Waals surface area contributed by atoms with Crippen LogP contribution in [0.1, 0.15) is 27.0 Å². The highest BCUT2D eigenvalue weighted by atomic mass is 35.5. The van der Waals surface area contributed by atoms with Crippen molar-refractivity contribution in [3.05, 3.63) is 57.6 Å². The van der Waals surface area contributed by atoms with Crippen LogP contribution in [0, 0.1) is 20.8 Å². The van der Waals surface area contributed by atoms with Crippen LogP contribution in [0.5, 0.6) is 0 Å². The molecule has 0 bridgehead atoms. The first-order valence-electron chi connectivity index (χ1n) is 6.32. The number of aryl methyl sites for hydroxylation is 3. The highest BCUT2D eigenvalue weighted by Gasteiger charge is 2.10. The number of rotatable bonds is 2. The zero-order valence-electron chi connectivity index (χ0n) is 11.8. The molecule has 0 aliphatic heterocycles. The fourth-order valence-electron chi connectivity index (χ4n) is 2.01. The molecule has 104 valence electrons. The number of nitrogen functional groups attached to an aromatic ring is 1. The third-order valence-corrected chi connectivity index (χ3v) is 3.44. The van der Waals surface area contributed by atoms with Crippen LogP contribution < -0.4 is 11.1 Å². The molecule has 2 aromatic rings. The first-order chi connectivity index (χ1) is 9.36. The van der Waals surface area contributed by atoms with Crippen molar-refractivity contribution >= 4 is 28.9 Å². The predicted octanol–water partition coefficient (Wildman–Crippen LogP) is 4.10. The molecule has 2 aromatic carbocycles. The monoisotopic (exact) mass is 288 g/mol. The summed E-state index contributed by atoms with van der Waals surface area (Å²) in [5.74, 6) is -0.217. The second-order valence-electron chi connectivity index (χ2n) is 5.00. The lowest BCUT2D eigenvalue weighted by atomic mass is 10.1. The van der Waals surface area contributed by atoms with Gasteiger partial charge in [0.15, 0.2) is 0 Å². The van der Waals surface area contributed by atoms with Gasteiger partial charge in [-0.15, -0.1) is 0 Å². The van der Waals surface area contributed by atoms with Crippen molar-refractivity contribution in [2.75, 3.05) is 11.1 Å². The smallest absolute Gasteiger partial charge is 0.255 e. The number of amides is 1. The number of benzene rings is 2. The number of carbonyl (C=O) groups excluding carboxylic acids is 1. The third-order valence-electron chi connectivity index (χ3n) is 3.22. The van der Waals surface area contributed by atoms with E-state index < -0.39 is 0 Å². The third kappa shape index (κ3) is 3.11. The molecular weight excluding hydrogens is 272 g/mol. The van der Waals surface area contributed by atoms with Crippen LogP contribution in [0.3, 0.4) is 0 Å². The molecule has 0 saturated heterocycles. The summed E-state index contributed by atoms with van der Waals surface area (Å²) in [6, 6.07) is 8.97. The number of nitrogens with one attached hydrogen (secondary N) is 1. The minimum absolute atomic E-state index is 0.217. The van der Waals surface area contributed by atoms with E-state index in [9.17, 15) is 4.79 Å². The quantitative estimate of drug-likeness (QED) is 0.818. The molecule has 0 heterocycles. The van der Waals surface area contributed by atoms with Gasteiger partial charge in [0, 0.05) is 10.6 Å². The molecule has 0 atom stereocenters. The molecule has 0 aromatic heterocycles. The van der Waals surface area contributed by atoms with E-state index in [1.807, 2.05) is 39.0 Å². The molecule has 20 heavy (non-hydrogen) atoms. The van der Waals surface area contributed by atoms with Gasteiger partial charge in [0.2, 0.25) is 0 Å². The Balaban J connectivity index is 2.30. The molecule has 0 aliphatic carbocycles. The van der Waals surface area contributed by atoms with Gasteiger partial charge >= 0.3 is 0 Å². The van der Waals surface area contributed by atoms with Crippen LogP contribution in [0.15, 0.2) is 30.3 Å². The van der Waals surface area contributed by atoms with Gasteiger partial charge in [-0.05, 0) is 67.8 Å². The number of nitrogens with two attached hydrogens (primary N) is 1. The highest BCUT2D eigenvalue weighted by Crippen LogP contribution is 2.24. The van der Waals surface area contributed by atoms with E-state index in [1.54, 1.807) is 12.1 Å². The summed E-state index contributed by atoms with van der Waals surface area (Å²) in [5, 5.41) is 3.37. The van der Waals surface area contributed by atoms with Crippen molar-refractivity contribution < 1.29 is 4.79 Å². The molecule has 4 heteroatoms.